The van der Waals surface area contributed by atoms with Crippen LogP contribution in [0.5, 0.6) is 0 Å². The summed E-state index contributed by atoms with van der Waals surface area (Å²) in [6.07, 6.45) is 0. The summed E-state index contributed by atoms with van der Waals surface area (Å²) in [5.41, 5.74) is 12.0. The monoisotopic (exact) mass is 950 g/mol. The Labute approximate surface area is 433 Å². The smallest absolute Gasteiger partial charge is 0.136 e. The summed E-state index contributed by atoms with van der Waals surface area (Å²) in [7, 11) is 0. The first-order chi connectivity index (χ1) is 37.2. The Bertz CT molecular complexity index is 4830. The average Bonchev–Trinajstić information content (AvgIpc) is 3.85. The lowest BCUT2D eigenvalue weighted by molar-refractivity contribution is 0.669. The summed E-state index contributed by atoms with van der Waals surface area (Å²) in [4.78, 5) is 0. The Morgan fingerprint density at radius 2 is 0.533 bits per heavy atom. The van der Waals surface area contributed by atoms with Gasteiger partial charge in [-0.2, -0.15) is 0 Å². The van der Waals surface area contributed by atoms with E-state index in [0.29, 0.717) is 0 Å². The maximum absolute atomic E-state index is 6.49. The molecule has 16 aromatic rings. The molecule has 1 heterocycles. The van der Waals surface area contributed by atoms with Gasteiger partial charge in [0.2, 0.25) is 0 Å². The van der Waals surface area contributed by atoms with Gasteiger partial charge in [-0.3, -0.25) is 0 Å². The maximum Gasteiger partial charge on any atom is 0.136 e. The van der Waals surface area contributed by atoms with Crippen LogP contribution in [0.2, 0.25) is 0 Å². The van der Waals surface area contributed by atoms with Crippen molar-refractivity contribution >= 4 is 108 Å². The predicted molar refractivity (Wildman–Crippen MR) is 322 cm³/mol. The van der Waals surface area contributed by atoms with Crippen molar-refractivity contribution in [1.29, 1.82) is 0 Å². The number of furan rings is 1. The summed E-state index contributed by atoms with van der Waals surface area (Å²) in [6, 6.07) is 101. The lowest BCUT2D eigenvalue weighted by Crippen LogP contribution is -1.92. The highest BCUT2D eigenvalue weighted by Crippen LogP contribution is 2.49. The van der Waals surface area contributed by atoms with E-state index in [4.69, 9.17) is 4.42 Å². The molecule has 0 N–H and O–H groups in total. The second-order valence-electron chi connectivity index (χ2n) is 19.8. The summed E-state index contributed by atoms with van der Waals surface area (Å²) in [5.74, 6) is 0. The lowest BCUT2D eigenvalue weighted by Gasteiger charge is -2.19. The van der Waals surface area contributed by atoms with Crippen molar-refractivity contribution in [3.63, 3.8) is 0 Å². The highest BCUT2D eigenvalue weighted by atomic mass is 16.3. The minimum absolute atomic E-state index is 0.916. The third-order valence-electron chi connectivity index (χ3n) is 15.7. The van der Waals surface area contributed by atoms with Crippen LogP contribution in [0.4, 0.5) is 0 Å². The van der Waals surface area contributed by atoms with Crippen molar-refractivity contribution in [3.8, 4) is 44.5 Å². The minimum atomic E-state index is 0.916. The van der Waals surface area contributed by atoms with Gasteiger partial charge in [-0.15, -0.1) is 0 Å². The van der Waals surface area contributed by atoms with Crippen LogP contribution in [-0.2, 0) is 0 Å². The lowest BCUT2D eigenvalue weighted by atomic mass is 9.84. The van der Waals surface area contributed by atoms with Crippen molar-refractivity contribution in [3.05, 3.63) is 279 Å². The van der Waals surface area contributed by atoms with Crippen LogP contribution in [0.3, 0.4) is 0 Å². The van der Waals surface area contributed by atoms with Gasteiger partial charge in [-0.05, 0) is 155 Å². The molecule has 0 fully saturated rings. The third kappa shape index (κ3) is 6.93. The quantitative estimate of drug-likeness (QED) is 0.160. The van der Waals surface area contributed by atoms with Gasteiger partial charge in [0.05, 0.1) is 0 Å². The summed E-state index contributed by atoms with van der Waals surface area (Å²) >= 11 is 0. The molecule has 1 aromatic heterocycles. The molecular weight excluding hydrogens is 905 g/mol. The topological polar surface area (TPSA) is 13.1 Å². The van der Waals surface area contributed by atoms with E-state index in [-0.39, 0.29) is 0 Å². The van der Waals surface area contributed by atoms with Crippen LogP contribution < -0.4 is 0 Å². The molecule has 16 rings (SSSR count). The zero-order valence-electron chi connectivity index (χ0n) is 41.0. The van der Waals surface area contributed by atoms with Crippen molar-refractivity contribution in [2.24, 2.45) is 0 Å². The van der Waals surface area contributed by atoms with E-state index < -0.39 is 0 Å². The van der Waals surface area contributed by atoms with Crippen LogP contribution >= 0.6 is 0 Å². The van der Waals surface area contributed by atoms with Crippen LogP contribution in [0, 0.1) is 0 Å². The normalized spacial score (nSPS) is 11.7. The van der Waals surface area contributed by atoms with Gasteiger partial charge in [0.15, 0.2) is 0 Å². The molecule has 75 heavy (non-hydrogen) atoms. The van der Waals surface area contributed by atoms with Crippen molar-refractivity contribution in [2.75, 3.05) is 0 Å². The second-order valence-corrected chi connectivity index (χ2v) is 19.8. The van der Waals surface area contributed by atoms with Crippen molar-refractivity contribution in [1.82, 2.24) is 0 Å². The number of benzene rings is 15. The summed E-state index contributed by atoms with van der Waals surface area (Å²) in [6.45, 7) is 0. The Morgan fingerprint density at radius 1 is 0.187 bits per heavy atom. The zero-order valence-corrected chi connectivity index (χ0v) is 41.0. The van der Waals surface area contributed by atoms with Crippen molar-refractivity contribution in [2.45, 2.75) is 0 Å². The highest BCUT2D eigenvalue weighted by Gasteiger charge is 2.22. The van der Waals surface area contributed by atoms with Gasteiger partial charge in [-0.25, -0.2) is 0 Å². The molecule has 0 radical (unpaired) electrons. The molecule has 0 atom stereocenters. The van der Waals surface area contributed by atoms with E-state index in [1.807, 2.05) is 0 Å². The van der Waals surface area contributed by atoms with Crippen LogP contribution in [0.15, 0.2) is 283 Å². The molecule has 0 aliphatic carbocycles. The Kier molecular flexibility index (Phi) is 9.96. The van der Waals surface area contributed by atoms with Crippen LogP contribution in [0.1, 0.15) is 0 Å². The van der Waals surface area contributed by atoms with Gasteiger partial charge in [0.1, 0.15) is 11.2 Å². The first-order valence-corrected chi connectivity index (χ1v) is 25.9. The Balaban J connectivity index is 0.000000134. The van der Waals surface area contributed by atoms with Crippen LogP contribution in [0.25, 0.3) is 153 Å². The SMILES string of the molecule is c1ccc2cc(-c3c4ccccc4c(-c4cccc5ccccc45)c4ccccc34)ccc2c1.c1ccc2cc3c(cc2c1)oc1cccc(-c2c4ccccc4c(-c4cccc5ccccc45)c4ccccc24)c13. The van der Waals surface area contributed by atoms with Crippen molar-refractivity contribution < 1.29 is 4.42 Å². The fourth-order valence-corrected chi connectivity index (χ4v) is 12.4. The molecule has 1 nitrogen and oxygen atoms in total. The van der Waals surface area contributed by atoms with E-state index in [1.54, 1.807) is 0 Å². The van der Waals surface area contributed by atoms with E-state index >= 15 is 0 Å². The van der Waals surface area contributed by atoms with Gasteiger partial charge in [0, 0.05) is 10.8 Å². The van der Waals surface area contributed by atoms with Gasteiger partial charge in [-0.1, -0.05) is 255 Å². The largest absolute Gasteiger partial charge is 0.456 e. The first-order valence-electron chi connectivity index (χ1n) is 25.9. The number of hydrogen-bond acceptors (Lipinski definition) is 1. The van der Waals surface area contributed by atoms with E-state index in [1.165, 1.54) is 136 Å². The molecule has 0 unspecified atom stereocenters. The minimum Gasteiger partial charge on any atom is -0.456 e. The fraction of sp³-hybridized carbons (Fsp3) is 0. The van der Waals surface area contributed by atoms with E-state index in [0.717, 1.165) is 16.6 Å². The molecule has 15 aromatic carbocycles. The van der Waals surface area contributed by atoms with E-state index in [9.17, 15) is 0 Å². The Hall–Kier alpha value is -9.82. The van der Waals surface area contributed by atoms with E-state index in [2.05, 4.69) is 279 Å². The predicted octanol–water partition coefficient (Wildman–Crippen LogP) is 21.2. The molecule has 0 saturated carbocycles. The fourth-order valence-electron chi connectivity index (χ4n) is 12.4. The molecule has 348 valence electrons. The highest BCUT2D eigenvalue weighted by molar-refractivity contribution is 6.28. The molecule has 1 heteroatoms. The number of hydrogen-bond donors (Lipinski definition) is 0. The zero-order chi connectivity index (χ0) is 49.4. The molecule has 0 aliphatic heterocycles. The van der Waals surface area contributed by atoms with Gasteiger partial charge < -0.3 is 4.42 Å². The third-order valence-corrected chi connectivity index (χ3v) is 15.7. The molecule has 0 bridgehead atoms. The molecular formula is C74H46O. The van der Waals surface area contributed by atoms with Crippen LogP contribution in [-0.4, -0.2) is 0 Å². The average molecular weight is 951 g/mol. The summed E-state index contributed by atoms with van der Waals surface area (Å²) in [5, 5.41) is 22.5. The number of rotatable bonds is 4. The molecule has 0 saturated heterocycles. The molecule has 0 spiro atoms. The summed E-state index contributed by atoms with van der Waals surface area (Å²) < 4.78 is 6.49. The maximum atomic E-state index is 6.49. The number of fused-ring (bicyclic) bond motifs is 11. The first kappa shape index (κ1) is 42.8. The molecule has 0 amide bonds. The molecule has 0 aliphatic rings. The standard InChI is InChI=1S/C40H24O.C34H22/c1-2-13-27-24-37-35(23-26(27)12-1)40-34(21-10-22-36(40)41-37)39-32-18-7-5-16-30(32)38(31-17-6-8-19-33(31)39)29-20-9-14-25-11-3-4-15-28(25)29;1-2-12-25-22-26(21-20-23(25)10-1)33-29-15-5-7-17-31(29)34(32-18-8-6-16-30(32)33)28-19-9-13-24-11-3-4-14-27(24)28/h1-24H;1-22H. The second kappa shape index (κ2) is 17.4. The van der Waals surface area contributed by atoms with Gasteiger partial charge in [0.25, 0.3) is 0 Å². The Morgan fingerprint density at radius 3 is 1.03 bits per heavy atom. The van der Waals surface area contributed by atoms with Gasteiger partial charge >= 0.3 is 0 Å².